The summed E-state index contributed by atoms with van der Waals surface area (Å²) < 4.78 is 10.3. The van der Waals surface area contributed by atoms with Gasteiger partial charge < -0.3 is 14.8 Å². The van der Waals surface area contributed by atoms with Crippen LogP contribution in [0.15, 0.2) is 46.8 Å². The van der Waals surface area contributed by atoms with Crippen LogP contribution in [0.25, 0.3) is 0 Å². The smallest absolute Gasteiger partial charge is 0.337 e. The molecule has 0 saturated heterocycles. The third-order valence-corrected chi connectivity index (χ3v) is 5.72. The number of carbonyl (C=O) groups is 3. The number of nitro benzene ring substituents is 1. The molecule has 3 rings (SSSR count). The van der Waals surface area contributed by atoms with Crippen molar-refractivity contribution < 1.29 is 28.8 Å². The molecular formula is C23H26N2O7. The number of benzene rings is 1. The first-order chi connectivity index (χ1) is 15.1. The van der Waals surface area contributed by atoms with Gasteiger partial charge in [0.15, 0.2) is 5.78 Å². The van der Waals surface area contributed by atoms with E-state index in [1.807, 2.05) is 0 Å². The zero-order valence-corrected chi connectivity index (χ0v) is 18.6. The first-order valence-corrected chi connectivity index (χ1v) is 10.3. The van der Waals surface area contributed by atoms with Crippen LogP contribution in [0.5, 0.6) is 0 Å². The number of nitro groups is 1. The number of esters is 2. The Morgan fingerprint density at radius 3 is 2.56 bits per heavy atom. The average molecular weight is 442 g/mol. The number of hydrogen-bond donors (Lipinski definition) is 1. The van der Waals surface area contributed by atoms with Crippen LogP contribution in [0.2, 0.25) is 0 Å². The molecule has 1 aromatic rings. The Morgan fingerprint density at radius 2 is 1.97 bits per heavy atom. The summed E-state index contributed by atoms with van der Waals surface area (Å²) >= 11 is 0. The van der Waals surface area contributed by atoms with Crippen LogP contribution < -0.4 is 5.32 Å². The fraction of sp³-hybridized carbons (Fsp3) is 0.435. The monoisotopic (exact) mass is 442 g/mol. The lowest BCUT2D eigenvalue weighted by molar-refractivity contribution is -0.384. The molecular weight excluding hydrogens is 416 g/mol. The number of non-ortho nitro benzene ring substituents is 1. The van der Waals surface area contributed by atoms with Crippen molar-refractivity contribution in [2.45, 2.75) is 46.1 Å². The van der Waals surface area contributed by atoms with Crippen LogP contribution >= 0.6 is 0 Å². The molecule has 1 aromatic carbocycles. The Bertz CT molecular complexity index is 1050. The minimum atomic E-state index is -1.03. The highest BCUT2D eigenvalue weighted by Crippen LogP contribution is 2.46. The van der Waals surface area contributed by atoms with Gasteiger partial charge in [-0.25, -0.2) is 4.79 Å². The summed E-state index contributed by atoms with van der Waals surface area (Å²) in [6, 6.07) is 5.81. The molecule has 32 heavy (non-hydrogen) atoms. The van der Waals surface area contributed by atoms with Gasteiger partial charge >= 0.3 is 11.9 Å². The van der Waals surface area contributed by atoms with E-state index in [0.717, 1.165) is 0 Å². The molecule has 170 valence electrons. The highest BCUT2D eigenvalue weighted by Gasteiger charge is 2.47. The number of ketones is 1. The molecule has 3 atom stereocenters. The van der Waals surface area contributed by atoms with E-state index in [4.69, 9.17) is 9.47 Å². The lowest BCUT2D eigenvalue weighted by Gasteiger charge is -2.38. The van der Waals surface area contributed by atoms with Gasteiger partial charge in [-0.2, -0.15) is 0 Å². The molecule has 0 radical (unpaired) electrons. The molecule has 2 aliphatic rings. The van der Waals surface area contributed by atoms with Crippen molar-refractivity contribution in [3.63, 3.8) is 0 Å². The van der Waals surface area contributed by atoms with Crippen LogP contribution in [0, 0.1) is 22.0 Å². The summed E-state index contributed by atoms with van der Waals surface area (Å²) in [5.74, 6) is -3.99. The Balaban J connectivity index is 2.22. The Hall–Kier alpha value is -3.49. The van der Waals surface area contributed by atoms with Gasteiger partial charge in [-0.15, -0.1) is 0 Å². The molecule has 1 heterocycles. The molecule has 3 unspecified atom stereocenters. The zero-order chi connectivity index (χ0) is 23.7. The lowest BCUT2D eigenvalue weighted by Crippen LogP contribution is -2.43. The number of rotatable bonds is 5. The standard InChI is InChI=1S/C23H26N2O7/c1-11(2)32-23(28)18-13(4)24-16-9-12(3)17(22(27)31-5)21(26)20(16)19(18)14-7-6-8-15(10-14)25(29)30/h6-8,10-12,17,19,24H,9H2,1-5H3. The fourth-order valence-electron chi connectivity index (χ4n) is 4.38. The SMILES string of the molecule is COC(=O)C1C(=O)C2=C(CC1C)NC(C)=C(C(=O)OC(C)C)C2c1cccc([N+](=O)[O-])c1. The topological polar surface area (TPSA) is 125 Å². The molecule has 0 spiro atoms. The van der Waals surface area contributed by atoms with Gasteiger partial charge in [-0.3, -0.25) is 19.7 Å². The van der Waals surface area contributed by atoms with E-state index in [1.165, 1.54) is 25.3 Å². The maximum atomic E-state index is 13.6. The van der Waals surface area contributed by atoms with Crippen molar-refractivity contribution in [2.75, 3.05) is 7.11 Å². The average Bonchev–Trinajstić information content (AvgIpc) is 2.71. The Morgan fingerprint density at radius 1 is 1.28 bits per heavy atom. The van der Waals surface area contributed by atoms with Crippen molar-refractivity contribution in [1.29, 1.82) is 0 Å². The molecule has 1 N–H and O–H groups in total. The predicted octanol–water partition coefficient (Wildman–Crippen LogP) is 3.16. The van der Waals surface area contributed by atoms with E-state index < -0.39 is 40.6 Å². The minimum Gasteiger partial charge on any atom is -0.468 e. The van der Waals surface area contributed by atoms with Crippen molar-refractivity contribution in [1.82, 2.24) is 5.32 Å². The van der Waals surface area contributed by atoms with Crippen LogP contribution in [0.1, 0.15) is 45.6 Å². The van der Waals surface area contributed by atoms with Crippen molar-refractivity contribution in [3.05, 3.63) is 62.5 Å². The van der Waals surface area contributed by atoms with E-state index in [9.17, 15) is 24.5 Å². The van der Waals surface area contributed by atoms with E-state index in [0.29, 0.717) is 23.4 Å². The quantitative estimate of drug-likeness (QED) is 0.319. The Kier molecular flexibility index (Phi) is 6.47. The van der Waals surface area contributed by atoms with E-state index >= 15 is 0 Å². The second-order valence-electron chi connectivity index (χ2n) is 8.34. The van der Waals surface area contributed by atoms with E-state index in [1.54, 1.807) is 33.8 Å². The fourth-order valence-corrected chi connectivity index (χ4v) is 4.38. The lowest BCUT2D eigenvalue weighted by atomic mass is 9.69. The molecule has 0 amide bonds. The molecule has 9 nitrogen and oxygen atoms in total. The van der Waals surface area contributed by atoms with Gasteiger partial charge in [0.25, 0.3) is 5.69 Å². The number of dihydropyridines is 1. The molecule has 1 aliphatic carbocycles. The second kappa shape index (κ2) is 8.94. The summed E-state index contributed by atoms with van der Waals surface area (Å²) in [6.07, 6.45) is -0.0235. The third-order valence-electron chi connectivity index (χ3n) is 5.72. The third kappa shape index (κ3) is 4.15. The number of Topliss-reactive ketones (excluding diaryl/α,β-unsaturated/α-hetero) is 1. The number of nitrogens with one attached hydrogen (secondary N) is 1. The highest BCUT2D eigenvalue weighted by molar-refractivity contribution is 6.12. The predicted molar refractivity (Wildman–Crippen MR) is 114 cm³/mol. The van der Waals surface area contributed by atoms with Gasteiger partial charge in [0.2, 0.25) is 0 Å². The normalized spacial score (nSPS) is 22.9. The van der Waals surface area contributed by atoms with Crippen LogP contribution in [0.3, 0.4) is 0 Å². The second-order valence-corrected chi connectivity index (χ2v) is 8.34. The summed E-state index contributed by atoms with van der Waals surface area (Å²) in [7, 11) is 1.22. The van der Waals surface area contributed by atoms with Gasteiger partial charge in [-0.1, -0.05) is 19.1 Å². The summed E-state index contributed by atoms with van der Waals surface area (Å²) in [5.41, 5.74) is 1.75. The van der Waals surface area contributed by atoms with Crippen molar-refractivity contribution >= 4 is 23.4 Å². The number of ether oxygens (including phenoxy) is 2. The summed E-state index contributed by atoms with van der Waals surface area (Å²) in [6.45, 7) is 6.90. The van der Waals surface area contributed by atoms with Crippen LogP contribution in [-0.4, -0.2) is 35.9 Å². The number of nitrogens with zero attached hydrogens (tertiary/aromatic N) is 1. The first kappa shape index (κ1) is 23.2. The van der Waals surface area contributed by atoms with Crippen LogP contribution in [-0.2, 0) is 23.9 Å². The molecule has 0 aromatic heterocycles. The molecule has 9 heteroatoms. The summed E-state index contributed by atoms with van der Waals surface area (Å²) in [5, 5.41) is 14.5. The number of allylic oxidation sites excluding steroid dienone is 3. The number of methoxy groups -OCH3 is 1. The van der Waals surface area contributed by atoms with Gasteiger partial charge in [-0.05, 0) is 38.7 Å². The van der Waals surface area contributed by atoms with Crippen molar-refractivity contribution in [2.24, 2.45) is 11.8 Å². The molecule has 1 aliphatic heterocycles. The number of hydrogen-bond acceptors (Lipinski definition) is 8. The molecule has 0 fully saturated rings. The van der Waals surface area contributed by atoms with E-state index in [2.05, 4.69) is 5.32 Å². The van der Waals surface area contributed by atoms with Crippen molar-refractivity contribution in [3.8, 4) is 0 Å². The number of carbonyl (C=O) groups excluding carboxylic acids is 3. The molecule has 0 bridgehead atoms. The maximum Gasteiger partial charge on any atom is 0.337 e. The van der Waals surface area contributed by atoms with Crippen LogP contribution in [0.4, 0.5) is 5.69 Å². The zero-order valence-electron chi connectivity index (χ0n) is 18.6. The van der Waals surface area contributed by atoms with Gasteiger partial charge in [0.05, 0.1) is 23.7 Å². The summed E-state index contributed by atoms with van der Waals surface area (Å²) in [4.78, 5) is 49.9. The largest absolute Gasteiger partial charge is 0.468 e. The first-order valence-electron chi connectivity index (χ1n) is 10.3. The molecule has 0 saturated carbocycles. The maximum absolute atomic E-state index is 13.6. The van der Waals surface area contributed by atoms with Gasteiger partial charge in [0, 0.05) is 35.0 Å². The highest BCUT2D eigenvalue weighted by atomic mass is 16.6. The minimum absolute atomic E-state index is 0.168. The van der Waals surface area contributed by atoms with E-state index in [-0.39, 0.29) is 22.8 Å². The Labute approximate surface area is 185 Å². The van der Waals surface area contributed by atoms with Gasteiger partial charge in [0.1, 0.15) is 5.92 Å².